The zero-order valence-corrected chi connectivity index (χ0v) is 17.4. The average Bonchev–Trinajstić information content (AvgIpc) is 2.75. The third-order valence-electron chi connectivity index (χ3n) is 4.09. The minimum atomic E-state index is -0.271. The highest BCUT2D eigenvalue weighted by atomic mass is 16.5. The number of rotatable bonds is 12. The van der Waals surface area contributed by atoms with Crippen LogP contribution in [0.4, 0.5) is 5.69 Å². The van der Waals surface area contributed by atoms with Gasteiger partial charge in [0.05, 0.1) is 6.61 Å². The molecule has 0 saturated heterocycles. The highest BCUT2D eigenvalue weighted by Gasteiger charge is 2.10. The highest BCUT2D eigenvalue weighted by Crippen LogP contribution is 2.18. The predicted molar refractivity (Wildman–Crippen MR) is 115 cm³/mol. The number of carbonyl (C=O) groups excluding carboxylic acids is 3. The lowest BCUT2D eigenvalue weighted by molar-refractivity contribution is -0.123. The van der Waals surface area contributed by atoms with E-state index in [9.17, 15) is 14.4 Å². The Hall–Kier alpha value is -3.35. The molecule has 0 radical (unpaired) electrons. The van der Waals surface area contributed by atoms with Crippen molar-refractivity contribution in [2.75, 3.05) is 25.1 Å². The maximum absolute atomic E-state index is 12.3. The number of benzene rings is 2. The number of ketones is 1. The van der Waals surface area contributed by atoms with E-state index in [1.165, 1.54) is 0 Å². The van der Waals surface area contributed by atoms with Gasteiger partial charge in [-0.25, -0.2) is 0 Å². The predicted octanol–water partition coefficient (Wildman–Crippen LogP) is 3.59. The fraction of sp³-hybridized carbons (Fsp3) is 0.348. The van der Waals surface area contributed by atoms with Crippen molar-refractivity contribution in [3.05, 3.63) is 54.1 Å². The highest BCUT2D eigenvalue weighted by molar-refractivity contribution is 6.00. The van der Waals surface area contributed by atoms with Crippen LogP contribution in [-0.4, -0.2) is 37.4 Å². The summed E-state index contributed by atoms with van der Waals surface area (Å²) in [5, 5.41) is 5.39. The summed E-state index contributed by atoms with van der Waals surface area (Å²) in [4.78, 5) is 36.0. The summed E-state index contributed by atoms with van der Waals surface area (Å²) in [6.07, 6.45) is 1.09. The molecule has 2 amide bonds. The van der Waals surface area contributed by atoms with Gasteiger partial charge >= 0.3 is 0 Å². The maximum Gasteiger partial charge on any atom is 0.257 e. The van der Waals surface area contributed by atoms with Crippen molar-refractivity contribution in [3.63, 3.8) is 0 Å². The third kappa shape index (κ3) is 7.95. The van der Waals surface area contributed by atoms with Gasteiger partial charge in [-0.05, 0) is 49.7 Å². The molecule has 0 fully saturated rings. The molecule has 0 spiro atoms. The van der Waals surface area contributed by atoms with Gasteiger partial charge in [0.1, 0.15) is 11.5 Å². The molecular formula is C23H28N2O5. The molecule has 0 aliphatic carbocycles. The van der Waals surface area contributed by atoms with Crippen molar-refractivity contribution in [2.24, 2.45) is 0 Å². The van der Waals surface area contributed by atoms with Crippen molar-refractivity contribution >= 4 is 23.3 Å². The molecule has 7 heteroatoms. The second kappa shape index (κ2) is 12.3. The molecule has 2 aromatic rings. The molecule has 160 valence electrons. The topological polar surface area (TPSA) is 93.7 Å². The SMILES string of the molecule is CCCOc1ccc(C(=O)CCC(=O)Nc2cccc(OCC(=O)NCC)c2)cc1. The first-order valence-electron chi connectivity index (χ1n) is 10.1. The number of amides is 2. The van der Waals surface area contributed by atoms with E-state index in [0.717, 1.165) is 12.2 Å². The summed E-state index contributed by atoms with van der Waals surface area (Å²) in [7, 11) is 0. The molecular weight excluding hydrogens is 384 g/mol. The van der Waals surface area contributed by atoms with Crippen LogP contribution >= 0.6 is 0 Å². The van der Waals surface area contributed by atoms with Gasteiger partial charge < -0.3 is 20.1 Å². The van der Waals surface area contributed by atoms with Gasteiger partial charge in [0.15, 0.2) is 12.4 Å². The lowest BCUT2D eigenvalue weighted by Gasteiger charge is -2.09. The quantitative estimate of drug-likeness (QED) is 0.520. The van der Waals surface area contributed by atoms with Crippen LogP contribution in [0.15, 0.2) is 48.5 Å². The standard InChI is InChI=1S/C23H28N2O5/c1-3-14-29-19-10-8-17(9-11-19)21(26)12-13-22(27)25-18-6-5-7-20(15-18)30-16-23(28)24-4-2/h5-11,15H,3-4,12-14,16H2,1-2H3,(H,24,28)(H,25,27). The Kier molecular flexibility index (Phi) is 9.37. The van der Waals surface area contributed by atoms with Gasteiger partial charge in [-0.15, -0.1) is 0 Å². The zero-order valence-electron chi connectivity index (χ0n) is 17.4. The van der Waals surface area contributed by atoms with Crippen molar-refractivity contribution < 1.29 is 23.9 Å². The van der Waals surface area contributed by atoms with Crippen LogP contribution in [0.2, 0.25) is 0 Å². The lowest BCUT2D eigenvalue weighted by Crippen LogP contribution is -2.28. The maximum atomic E-state index is 12.3. The normalized spacial score (nSPS) is 10.2. The first-order chi connectivity index (χ1) is 14.5. The molecule has 0 aliphatic heterocycles. The number of Topliss-reactive ketones (excluding diaryl/α,β-unsaturated/α-hetero) is 1. The van der Waals surface area contributed by atoms with E-state index in [1.54, 1.807) is 48.5 Å². The Bertz CT molecular complexity index is 849. The van der Waals surface area contributed by atoms with E-state index >= 15 is 0 Å². The van der Waals surface area contributed by atoms with Crippen molar-refractivity contribution in [2.45, 2.75) is 33.1 Å². The summed E-state index contributed by atoms with van der Waals surface area (Å²) >= 11 is 0. The molecule has 0 aromatic heterocycles. The number of hydrogen-bond donors (Lipinski definition) is 2. The number of hydrogen-bond acceptors (Lipinski definition) is 5. The largest absolute Gasteiger partial charge is 0.494 e. The molecule has 0 heterocycles. The van der Waals surface area contributed by atoms with Gasteiger partial charge in [0.25, 0.3) is 5.91 Å². The van der Waals surface area contributed by atoms with Gasteiger partial charge in [0, 0.05) is 36.7 Å². The van der Waals surface area contributed by atoms with Crippen molar-refractivity contribution in [1.29, 1.82) is 0 Å². The van der Waals surface area contributed by atoms with E-state index in [-0.39, 0.29) is 37.0 Å². The van der Waals surface area contributed by atoms with Crippen LogP contribution in [0.1, 0.15) is 43.5 Å². The van der Waals surface area contributed by atoms with E-state index in [4.69, 9.17) is 9.47 Å². The number of nitrogens with one attached hydrogen (secondary N) is 2. The van der Waals surface area contributed by atoms with Crippen LogP contribution < -0.4 is 20.1 Å². The second-order valence-corrected chi connectivity index (χ2v) is 6.61. The average molecular weight is 412 g/mol. The third-order valence-corrected chi connectivity index (χ3v) is 4.09. The van der Waals surface area contributed by atoms with Crippen LogP contribution in [0.3, 0.4) is 0 Å². The smallest absolute Gasteiger partial charge is 0.257 e. The number of ether oxygens (including phenoxy) is 2. The molecule has 0 aliphatic rings. The van der Waals surface area contributed by atoms with Crippen LogP contribution in [-0.2, 0) is 9.59 Å². The summed E-state index contributed by atoms with van der Waals surface area (Å²) < 4.78 is 10.9. The Morgan fingerprint density at radius 3 is 2.33 bits per heavy atom. The number of likely N-dealkylation sites (N-methyl/N-ethyl adjacent to an activating group) is 1. The Morgan fingerprint density at radius 2 is 1.63 bits per heavy atom. The van der Waals surface area contributed by atoms with Crippen LogP contribution in [0, 0.1) is 0 Å². The first kappa shape index (κ1) is 22.9. The van der Waals surface area contributed by atoms with E-state index in [0.29, 0.717) is 30.2 Å². The first-order valence-corrected chi connectivity index (χ1v) is 10.1. The fourth-order valence-corrected chi connectivity index (χ4v) is 2.61. The monoisotopic (exact) mass is 412 g/mol. The molecule has 0 bridgehead atoms. The van der Waals surface area contributed by atoms with Crippen molar-refractivity contribution in [1.82, 2.24) is 5.32 Å². The molecule has 2 rings (SSSR count). The minimum Gasteiger partial charge on any atom is -0.494 e. The van der Waals surface area contributed by atoms with Crippen LogP contribution in [0.25, 0.3) is 0 Å². The molecule has 0 unspecified atom stereocenters. The zero-order chi connectivity index (χ0) is 21.8. The Balaban J connectivity index is 1.80. The van der Waals surface area contributed by atoms with E-state index < -0.39 is 0 Å². The van der Waals surface area contributed by atoms with E-state index in [2.05, 4.69) is 10.6 Å². The van der Waals surface area contributed by atoms with Gasteiger partial charge in [-0.3, -0.25) is 14.4 Å². The minimum absolute atomic E-state index is 0.0664. The molecule has 0 atom stereocenters. The number of anilines is 1. The molecule has 2 aromatic carbocycles. The molecule has 30 heavy (non-hydrogen) atoms. The molecule has 7 nitrogen and oxygen atoms in total. The second-order valence-electron chi connectivity index (χ2n) is 6.61. The lowest BCUT2D eigenvalue weighted by atomic mass is 10.1. The Labute approximate surface area is 176 Å². The van der Waals surface area contributed by atoms with Crippen LogP contribution in [0.5, 0.6) is 11.5 Å². The Morgan fingerprint density at radius 1 is 0.867 bits per heavy atom. The van der Waals surface area contributed by atoms with Gasteiger partial charge in [-0.2, -0.15) is 0 Å². The van der Waals surface area contributed by atoms with Gasteiger partial charge in [0.2, 0.25) is 5.91 Å². The van der Waals surface area contributed by atoms with E-state index in [1.807, 2.05) is 13.8 Å². The summed E-state index contributed by atoms with van der Waals surface area (Å²) in [5.74, 6) is 0.606. The summed E-state index contributed by atoms with van der Waals surface area (Å²) in [6.45, 7) is 4.93. The summed E-state index contributed by atoms with van der Waals surface area (Å²) in [5.41, 5.74) is 1.09. The van der Waals surface area contributed by atoms with Crippen molar-refractivity contribution in [3.8, 4) is 11.5 Å². The fourth-order valence-electron chi connectivity index (χ4n) is 2.61. The van der Waals surface area contributed by atoms with Gasteiger partial charge in [-0.1, -0.05) is 13.0 Å². The molecule has 0 saturated carbocycles. The molecule has 2 N–H and O–H groups in total. The summed E-state index contributed by atoms with van der Waals surface area (Å²) in [6, 6.07) is 13.7. The number of carbonyl (C=O) groups is 3.